The topological polar surface area (TPSA) is 23.5 Å². The van der Waals surface area contributed by atoms with Crippen LogP contribution in [0.25, 0.3) is 0 Å². The monoisotopic (exact) mass is 243 g/mol. The largest absolute Gasteiger partial charge is 0.391 e. The van der Waals surface area contributed by atoms with Crippen molar-refractivity contribution in [3.63, 3.8) is 0 Å². The maximum absolute atomic E-state index is 9.84. The number of rotatable bonds is 4. The van der Waals surface area contributed by atoms with Crippen LogP contribution in [-0.4, -0.2) is 47.8 Å². The molecule has 1 saturated carbocycles. The Labute approximate surface area is 104 Å². The molecule has 2 atom stereocenters. The summed E-state index contributed by atoms with van der Waals surface area (Å²) in [5, 5.41) is 9.84. The van der Waals surface area contributed by atoms with E-state index < -0.39 is 0 Å². The first-order valence-electron chi connectivity index (χ1n) is 6.70. The highest BCUT2D eigenvalue weighted by Crippen LogP contribution is 2.28. The lowest BCUT2D eigenvalue weighted by Gasteiger charge is -2.22. The molecular formula is C13H25NOS. The first-order chi connectivity index (χ1) is 7.75. The van der Waals surface area contributed by atoms with Crippen LogP contribution in [0.4, 0.5) is 0 Å². The van der Waals surface area contributed by atoms with E-state index in [1.165, 1.54) is 37.9 Å². The van der Waals surface area contributed by atoms with Crippen molar-refractivity contribution in [3.05, 3.63) is 0 Å². The molecule has 3 heteroatoms. The van der Waals surface area contributed by atoms with Crippen LogP contribution in [0.3, 0.4) is 0 Å². The molecule has 2 fully saturated rings. The molecule has 0 aromatic rings. The van der Waals surface area contributed by atoms with E-state index in [0.717, 1.165) is 24.8 Å². The molecular weight excluding hydrogens is 218 g/mol. The van der Waals surface area contributed by atoms with Crippen LogP contribution in [0, 0.1) is 11.8 Å². The molecule has 2 nitrogen and oxygen atoms in total. The number of likely N-dealkylation sites (tertiary alicyclic amines) is 1. The number of β-amino-alcohol motifs (C(OH)–C–C–N with tert-alkyl or cyclic N) is 1. The first-order valence-corrected chi connectivity index (χ1v) is 7.85. The smallest absolute Gasteiger partial charge is 0.0715 e. The van der Waals surface area contributed by atoms with Crippen LogP contribution < -0.4 is 0 Å². The fourth-order valence-electron chi connectivity index (χ4n) is 2.97. The number of nitrogens with zero attached hydrogens (tertiary/aromatic N) is 1. The average molecular weight is 243 g/mol. The minimum absolute atomic E-state index is 0.0798. The normalized spacial score (nSPS) is 33.4. The van der Waals surface area contributed by atoms with Crippen molar-refractivity contribution in [1.29, 1.82) is 0 Å². The van der Waals surface area contributed by atoms with Gasteiger partial charge in [-0.3, -0.25) is 0 Å². The molecule has 16 heavy (non-hydrogen) atoms. The minimum Gasteiger partial charge on any atom is -0.391 e. The molecule has 1 saturated heterocycles. The predicted molar refractivity (Wildman–Crippen MR) is 70.9 cm³/mol. The quantitative estimate of drug-likeness (QED) is 0.819. The van der Waals surface area contributed by atoms with Crippen molar-refractivity contribution in [2.75, 3.05) is 31.6 Å². The summed E-state index contributed by atoms with van der Waals surface area (Å²) in [5.74, 6) is 3.96. The molecule has 0 aromatic carbocycles. The van der Waals surface area contributed by atoms with E-state index in [9.17, 15) is 5.11 Å². The molecule has 0 aromatic heterocycles. The molecule has 0 radical (unpaired) electrons. The minimum atomic E-state index is -0.0798. The summed E-state index contributed by atoms with van der Waals surface area (Å²) in [6.45, 7) is 1.95. The zero-order valence-electron chi connectivity index (χ0n) is 10.4. The summed E-state index contributed by atoms with van der Waals surface area (Å²) >= 11 is 2.08. The van der Waals surface area contributed by atoms with Crippen LogP contribution in [0.1, 0.15) is 32.1 Å². The van der Waals surface area contributed by atoms with E-state index in [2.05, 4.69) is 23.7 Å². The highest BCUT2D eigenvalue weighted by atomic mass is 32.2. The maximum atomic E-state index is 9.84. The first kappa shape index (κ1) is 12.7. The van der Waals surface area contributed by atoms with Crippen molar-refractivity contribution in [2.45, 2.75) is 38.2 Å². The number of hydrogen-bond donors (Lipinski definition) is 1. The predicted octanol–water partition coefficient (Wildman–Crippen LogP) is 2.22. The third kappa shape index (κ3) is 3.64. The van der Waals surface area contributed by atoms with Crippen molar-refractivity contribution >= 4 is 11.8 Å². The standard InChI is InChI=1S/C13H25NOS/c1-14-7-12(13(15)8-14)10-16-9-11-5-3-2-4-6-11/h11-13,15H,2-10H2,1H3/t12-,13+/m0/s1. The van der Waals surface area contributed by atoms with Gasteiger partial charge >= 0.3 is 0 Å². The van der Waals surface area contributed by atoms with Gasteiger partial charge in [0.1, 0.15) is 0 Å². The van der Waals surface area contributed by atoms with Gasteiger partial charge in [0.2, 0.25) is 0 Å². The Balaban J connectivity index is 1.60. The molecule has 2 aliphatic rings. The molecule has 0 spiro atoms. The summed E-state index contributed by atoms with van der Waals surface area (Å²) in [6, 6.07) is 0. The third-order valence-corrected chi connectivity index (χ3v) is 5.37. The van der Waals surface area contributed by atoms with E-state index in [1.54, 1.807) is 0 Å². The molecule has 0 amide bonds. The zero-order valence-corrected chi connectivity index (χ0v) is 11.2. The van der Waals surface area contributed by atoms with Crippen molar-refractivity contribution in [1.82, 2.24) is 4.90 Å². The van der Waals surface area contributed by atoms with Gasteiger partial charge in [-0.25, -0.2) is 0 Å². The van der Waals surface area contributed by atoms with E-state index >= 15 is 0 Å². The van der Waals surface area contributed by atoms with E-state index in [1.807, 2.05) is 0 Å². The van der Waals surface area contributed by atoms with Gasteiger partial charge in [0.25, 0.3) is 0 Å². The molecule has 1 aliphatic carbocycles. The second-order valence-corrected chi connectivity index (χ2v) is 6.67. The van der Waals surface area contributed by atoms with Crippen LogP contribution in [0.15, 0.2) is 0 Å². The Kier molecular flexibility index (Phi) is 4.98. The SMILES string of the molecule is CN1C[C@@H](CSCC2CCCCC2)[C@H](O)C1. The van der Waals surface area contributed by atoms with Gasteiger partial charge in [-0.05, 0) is 37.3 Å². The molecule has 0 unspecified atom stereocenters. The van der Waals surface area contributed by atoms with Crippen LogP contribution in [0.2, 0.25) is 0 Å². The van der Waals surface area contributed by atoms with Gasteiger partial charge in [0, 0.05) is 19.0 Å². The fourth-order valence-corrected chi connectivity index (χ4v) is 4.40. The molecule has 94 valence electrons. The highest BCUT2D eigenvalue weighted by Gasteiger charge is 2.28. The summed E-state index contributed by atoms with van der Waals surface area (Å²) < 4.78 is 0. The van der Waals surface area contributed by atoms with Crippen molar-refractivity contribution in [3.8, 4) is 0 Å². The van der Waals surface area contributed by atoms with E-state index in [4.69, 9.17) is 0 Å². The highest BCUT2D eigenvalue weighted by molar-refractivity contribution is 7.99. The van der Waals surface area contributed by atoms with E-state index in [0.29, 0.717) is 5.92 Å². The molecule has 1 N–H and O–H groups in total. The van der Waals surface area contributed by atoms with Gasteiger partial charge in [0.15, 0.2) is 0 Å². The molecule has 0 bridgehead atoms. The van der Waals surface area contributed by atoms with Crippen LogP contribution in [0.5, 0.6) is 0 Å². The van der Waals surface area contributed by atoms with Gasteiger partial charge in [-0.2, -0.15) is 11.8 Å². The Morgan fingerprint density at radius 1 is 1.12 bits per heavy atom. The van der Waals surface area contributed by atoms with Gasteiger partial charge < -0.3 is 10.0 Å². The fraction of sp³-hybridized carbons (Fsp3) is 1.00. The van der Waals surface area contributed by atoms with Gasteiger partial charge in [0.05, 0.1) is 6.10 Å². The lowest BCUT2D eigenvalue weighted by atomic mass is 9.91. The van der Waals surface area contributed by atoms with Crippen molar-refractivity contribution < 1.29 is 5.11 Å². The van der Waals surface area contributed by atoms with Crippen LogP contribution in [-0.2, 0) is 0 Å². The second kappa shape index (κ2) is 6.27. The lowest BCUT2D eigenvalue weighted by molar-refractivity contribution is 0.152. The Morgan fingerprint density at radius 3 is 2.50 bits per heavy atom. The Bertz CT molecular complexity index is 206. The van der Waals surface area contributed by atoms with Crippen LogP contribution >= 0.6 is 11.8 Å². The number of aliphatic hydroxyl groups is 1. The Morgan fingerprint density at radius 2 is 1.88 bits per heavy atom. The summed E-state index contributed by atoms with van der Waals surface area (Å²) in [4.78, 5) is 2.25. The number of hydrogen-bond acceptors (Lipinski definition) is 3. The summed E-state index contributed by atoms with van der Waals surface area (Å²) in [5.41, 5.74) is 0. The Hall–Kier alpha value is 0.270. The maximum Gasteiger partial charge on any atom is 0.0715 e. The van der Waals surface area contributed by atoms with E-state index in [-0.39, 0.29) is 6.10 Å². The average Bonchev–Trinajstić information content (AvgIpc) is 2.59. The number of aliphatic hydroxyl groups excluding tert-OH is 1. The number of thioether (sulfide) groups is 1. The molecule has 1 aliphatic heterocycles. The summed E-state index contributed by atoms with van der Waals surface area (Å²) in [6.07, 6.45) is 7.15. The van der Waals surface area contributed by atoms with Crippen molar-refractivity contribution in [2.24, 2.45) is 11.8 Å². The third-order valence-electron chi connectivity index (χ3n) is 4.00. The zero-order chi connectivity index (χ0) is 11.4. The van der Waals surface area contributed by atoms with Gasteiger partial charge in [-0.15, -0.1) is 0 Å². The lowest BCUT2D eigenvalue weighted by Crippen LogP contribution is -2.20. The molecule has 2 rings (SSSR count). The summed E-state index contributed by atoms with van der Waals surface area (Å²) in [7, 11) is 2.11. The van der Waals surface area contributed by atoms with Gasteiger partial charge in [-0.1, -0.05) is 19.3 Å². The molecule has 1 heterocycles. The number of likely N-dealkylation sites (N-methyl/N-ethyl adjacent to an activating group) is 1. The second-order valence-electron chi connectivity index (χ2n) is 5.59.